The fourth-order valence-electron chi connectivity index (χ4n) is 3.11. The van der Waals surface area contributed by atoms with E-state index in [2.05, 4.69) is 21.8 Å². The van der Waals surface area contributed by atoms with E-state index in [1.54, 1.807) is 0 Å². The summed E-state index contributed by atoms with van der Waals surface area (Å²) >= 11 is 0. The number of hydrogen-bond donors (Lipinski definition) is 1. The molecule has 0 amide bonds. The Kier molecular flexibility index (Phi) is 5.66. The first-order valence-electron chi connectivity index (χ1n) is 8.26. The second-order valence-electron chi connectivity index (χ2n) is 6.17. The van der Waals surface area contributed by atoms with E-state index >= 15 is 0 Å². The van der Waals surface area contributed by atoms with Gasteiger partial charge in [-0.1, -0.05) is 30.3 Å². The summed E-state index contributed by atoms with van der Waals surface area (Å²) in [6.45, 7) is 4.73. The van der Waals surface area contributed by atoms with Gasteiger partial charge in [-0.3, -0.25) is 4.90 Å². The largest absolute Gasteiger partial charge is 0.374 e. The van der Waals surface area contributed by atoms with Crippen molar-refractivity contribution in [1.82, 2.24) is 13.9 Å². The predicted octanol–water partition coefficient (Wildman–Crippen LogP) is 0.818. The molecule has 2 saturated heterocycles. The molecule has 1 aromatic carbocycles. The molecule has 7 heteroatoms. The molecule has 0 aliphatic carbocycles. The lowest BCUT2D eigenvalue weighted by atomic mass is 10.2. The second kappa shape index (κ2) is 7.72. The molecule has 1 N–H and O–H groups in total. The van der Waals surface area contributed by atoms with Gasteiger partial charge in [0.25, 0.3) is 10.2 Å². The first-order valence-corrected chi connectivity index (χ1v) is 9.70. The van der Waals surface area contributed by atoms with Crippen LogP contribution in [-0.2, 0) is 21.5 Å². The zero-order valence-electron chi connectivity index (χ0n) is 13.4. The summed E-state index contributed by atoms with van der Waals surface area (Å²) in [5.74, 6) is 0. The van der Waals surface area contributed by atoms with Crippen molar-refractivity contribution in [3.05, 3.63) is 35.9 Å². The van der Waals surface area contributed by atoms with Crippen LogP contribution in [0.1, 0.15) is 18.4 Å². The standard InChI is InChI=1S/C16H25N3O3S/c20-23(21,19-8-4-5-9-19)17-12-16-14-18(10-11-22-16)13-15-6-2-1-3-7-15/h1-3,6-7,16-17H,4-5,8-14H2. The maximum Gasteiger partial charge on any atom is 0.279 e. The summed E-state index contributed by atoms with van der Waals surface area (Å²) < 4.78 is 34.3. The van der Waals surface area contributed by atoms with Crippen molar-refractivity contribution in [3.8, 4) is 0 Å². The number of rotatable bonds is 6. The number of nitrogens with zero attached hydrogens (tertiary/aromatic N) is 2. The number of nitrogens with one attached hydrogen (secondary N) is 1. The average molecular weight is 339 g/mol. The average Bonchev–Trinajstić information content (AvgIpc) is 3.10. The SMILES string of the molecule is O=S(=O)(NCC1CN(Cc2ccccc2)CCO1)N1CCCC1. The minimum atomic E-state index is -3.35. The smallest absolute Gasteiger partial charge is 0.279 e. The molecule has 1 atom stereocenters. The van der Waals surface area contributed by atoms with Crippen LogP contribution in [0.15, 0.2) is 30.3 Å². The highest BCUT2D eigenvalue weighted by atomic mass is 32.2. The molecule has 0 radical (unpaired) electrons. The molecule has 2 heterocycles. The van der Waals surface area contributed by atoms with Gasteiger partial charge < -0.3 is 4.74 Å². The number of ether oxygens (including phenoxy) is 1. The highest BCUT2D eigenvalue weighted by molar-refractivity contribution is 7.87. The molecule has 3 rings (SSSR count). The molecular formula is C16H25N3O3S. The second-order valence-corrected chi connectivity index (χ2v) is 7.93. The van der Waals surface area contributed by atoms with E-state index in [4.69, 9.17) is 4.74 Å². The number of morpholine rings is 1. The summed E-state index contributed by atoms with van der Waals surface area (Å²) in [5.41, 5.74) is 1.27. The van der Waals surface area contributed by atoms with Crippen molar-refractivity contribution in [2.45, 2.75) is 25.5 Å². The molecule has 0 saturated carbocycles. The van der Waals surface area contributed by atoms with Crippen LogP contribution in [-0.4, -0.2) is 63.1 Å². The van der Waals surface area contributed by atoms with Gasteiger partial charge in [-0.25, -0.2) is 0 Å². The van der Waals surface area contributed by atoms with Crippen LogP contribution in [0.25, 0.3) is 0 Å². The molecule has 1 aromatic rings. The van der Waals surface area contributed by atoms with Gasteiger partial charge in [0.15, 0.2) is 0 Å². The van der Waals surface area contributed by atoms with Gasteiger partial charge in [-0.15, -0.1) is 0 Å². The van der Waals surface area contributed by atoms with E-state index in [1.165, 1.54) is 9.87 Å². The molecule has 0 spiro atoms. The summed E-state index contributed by atoms with van der Waals surface area (Å²) in [4.78, 5) is 2.31. The van der Waals surface area contributed by atoms with Gasteiger partial charge in [-0.2, -0.15) is 17.4 Å². The Morgan fingerprint density at radius 3 is 2.61 bits per heavy atom. The zero-order valence-corrected chi connectivity index (χ0v) is 14.2. The van der Waals surface area contributed by atoms with E-state index in [0.717, 1.165) is 32.5 Å². The quantitative estimate of drug-likeness (QED) is 0.833. The maximum atomic E-state index is 12.2. The van der Waals surface area contributed by atoms with Crippen LogP contribution in [0.5, 0.6) is 0 Å². The van der Waals surface area contributed by atoms with Gasteiger partial charge in [0.05, 0.1) is 12.7 Å². The fraction of sp³-hybridized carbons (Fsp3) is 0.625. The zero-order chi connectivity index (χ0) is 16.1. The molecule has 0 aromatic heterocycles. The third kappa shape index (κ3) is 4.74. The molecular weight excluding hydrogens is 314 g/mol. The van der Waals surface area contributed by atoms with Gasteiger partial charge in [0, 0.05) is 39.3 Å². The van der Waals surface area contributed by atoms with Crippen LogP contribution in [0.4, 0.5) is 0 Å². The van der Waals surface area contributed by atoms with Gasteiger partial charge in [0.2, 0.25) is 0 Å². The fourth-order valence-corrected chi connectivity index (χ4v) is 4.43. The molecule has 2 fully saturated rings. The van der Waals surface area contributed by atoms with Gasteiger partial charge >= 0.3 is 0 Å². The van der Waals surface area contributed by atoms with Crippen molar-refractivity contribution < 1.29 is 13.2 Å². The van der Waals surface area contributed by atoms with Crippen LogP contribution in [0.3, 0.4) is 0 Å². The Morgan fingerprint density at radius 1 is 1.13 bits per heavy atom. The first-order chi connectivity index (χ1) is 11.1. The highest BCUT2D eigenvalue weighted by Gasteiger charge is 2.27. The molecule has 2 aliphatic rings. The topological polar surface area (TPSA) is 61.9 Å². The molecule has 23 heavy (non-hydrogen) atoms. The van der Waals surface area contributed by atoms with Gasteiger partial charge in [-0.05, 0) is 18.4 Å². The Morgan fingerprint density at radius 2 is 1.87 bits per heavy atom. The summed E-state index contributed by atoms with van der Waals surface area (Å²) in [7, 11) is -3.35. The van der Waals surface area contributed by atoms with E-state index in [-0.39, 0.29) is 6.10 Å². The monoisotopic (exact) mass is 339 g/mol. The van der Waals surface area contributed by atoms with Crippen LogP contribution in [0.2, 0.25) is 0 Å². The summed E-state index contributed by atoms with van der Waals surface area (Å²) in [6.07, 6.45) is 1.81. The van der Waals surface area contributed by atoms with Crippen LogP contribution >= 0.6 is 0 Å². The van der Waals surface area contributed by atoms with Gasteiger partial charge in [0.1, 0.15) is 0 Å². The number of benzene rings is 1. The Hall–Kier alpha value is -0.990. The predicted molar refractivity (Wildman–Crippen MR) is 89.2 cm³/mol. The van der Waals surface area contributed by atoms with Crippen LogP contribution < -0.4 is 4.72 Å². The Balaban J connectivity index is 1.48. The third-order valence-electron chi connectivity index (χ3n) is 4.37. The lowest BCUT2D eigenvalue weighted by Crippen LogP contribution is -2.49. The highest BCUT2D eigenvalue weighted by Crippen LogP contribution is 2.13. The van der Waals surface area contributed by atoms with Crippen molar-refractivity contribution >= 4 is 10.2 Å². The van der Waals surface area contributed by atoms with E-state index < -0.39 is 10.2 Å². The molecule has 0 bridgehead atoms. The van der Waals surface area contributed by atoms with Crippen molar-refractivity contribution in [3.63, 3.8) is 0 Å². The molecule has 6 nitrogen and oxygen atoms in total. The lowest BCUT2D eigenvalue weighted by molar-refractivity contribution is -0.0278. The normalized spacial score (nSPS) is 24.1. The van der Waals surface area contributed by atoms with Crippen molar-refractivity contribution in [1.29, 1.82) is 0 Å². The minimum Gasteiger partial charge on any atom is -0.374 e. The Labute approximate surface area is 138 Å². The molecule has 2 aliphatic heterocycles. The lowest BCUT2D eigenvalue weighted by Gasteiger charge is -2.33. The Bertz CT molecular complexity index is 588. The molecule has 128 valence electrons. The van der Waals surface area contributed by atoms with Crippen molar-refractivity contribution in [2.24, 2.45) is 0 Å². The summed E-state index contributed by atoms with van der Waals surface area (Å²) in [6, 6.07) is 10.3. The first kappa shape index (κ1) is 16.9. The van der Waals surface area contributed by atoms with Crippen LogP contribution in [0, 0.1) is 0 Å². The van der Waals surface area contributed by atoms with E-state index in [0.29, 0.717) is 26.2 Å². The van der Waals surface area contributed by atoms with E-state index in [9.17, 15) is 8.42 Å². The summed E-state index contributed by atoms with van der Waals surface area (Å²) in [5, 5.41) is 0. The number of hydrogen-bond acceptors (Lipinski definition) is 4. The van der Waals surface area contributed by atoms with E-state index in [1.807, 2.05) is 18.2 Å². The minimum absolute atomic E-state index is 0.0927. The molecule has 1 unspecified atom stereocenters. The maximum absolute atomic E-state index is 12.2. The third-order valence-corrected chi connectivity index (χ3v) is 5.95. The van der Waals surface area contributed by atoms with Crippen molar-refractivity contribution in [2.75, 3.05) is 39.3 Å².